The Labute approximate surface area is 380 Å². The van der Waals surface area contributed by atoms with Gasteiger partial charge in [0.2, 0.25) is 5.95 Å². The highest BCUT2D eigenvalue weighted by Crippen LogP contribution is 2.36. The number of nitrogens with two attached hydrogens (primary N) is 1. The third kappa shape index (κ3) is 12.2. The Bertz CT molecular complexity index is 2210. The first-order chi connectivity index (χ1) is 30.0. The smallest absolute Gasteiger partial charge is 0.326 e. The lowest BCUT2D eigenvalue weighted by molar-refractivity contribution is 0.104. The lowest BCUT2D eigenvalue weighted by atomic mass is 9.88. The van der Waals surface area contributed by atoms with Crippen LogP contribution >= 0.6 is 0 Å². The highest BCUT2D eigenvalue weighted by atomic mass is 16.1. The SMILES string of the molecule is CC(C)(C)N1CCc2ccccc2C1.CC(C)N1C2CCCC1CC2.CC(C)N1CCC2CNCC2C1.CC(C)n1c(=O)[nH]c2ccccc21.CC(C)n1c(N)nc2ccccc21. The molecule has 346 valence electrons. The molecule has 0 amide bonds. The maximum atomic E-state index is 11.5. The predicted molar refractivity (Wildman–Crippen MR) is 267 cm³/mol. The Morgan fingerprint density at radius 3 is 1.89 bits per heavy atom. The molecule has 63 heavy (non-hydrogen) atoms. The Hall–Kier alpha value is -3.96. The third-order valence-corrected chi connectivity index (χ3v) is 14.2. The zero-order valence-corrected chi connectivity index (χ0v) is 40.9. The second-order valence-electron chi connectivity index (χ2n) is 20.9. The molecule has 5 aromatic rings. The van der Waals surface area contributed by atoms with Crippen LogP contribution in [-0.2, 0) is 13.0 Å². The van der Waals surface area contributed by atoms with Crippen molar-refractivity contribution in [3.8, 4) is 0 Å². The number of piperidine rings is 2. The number of fused-ring (bicyclic) bond motifs is 6. The molecule has 10 nitrogen and oxygen atoms in total. The number of para-hydroxylation sites is 4. The number of H-pyrrole nitrogens is 1. The summed E-state index contributed by atoms with van der Waals surface area (Å²) in [6, 6.07) is 28.5. The van der Waals surface area contributed by atoms with E-state index in [9.17, 15) is 4.79 Å². The van der Waals surface area contributed by atoms with Crippen LogP contribution in [0.3, 0.4) is 0 Å². The number of likely N-dealkylation sites (tertiary alicyclic amines) is 1. The highest BCUT2D eigenvalue weighted by molar-refractivity contribution is 5.78. The van der Waals surface area contributed by atoms with E-state index in [1.54, 1.807) is 4.57 Å². The van der Waals surface area contributed by atoms with Crippen LogP contribution in [-0.4, -0.2) is 96.2 Å². The molecule has 10 rings (SSSR count). The summed E-state index contributed by atoms with van der Waals surface area (Å²) < 4.78 is 3.80. The van der Waals surface area contributed by atoms with E-state index in [1.807, 2.05) is 66.9 Å². The molecule has 7 heterocycles. The van der Waals surface area contributed by atoms with E-state index in [0.29, 0.717) is 17.5 Å². The molecule has 2 bridgehead atoms. The monoisotopic (exact) mass is 862 g/mol. The predicted octanol–water partition coefficient (Wildman–Crippen LogP) is 10.3. The summed E-state index contributed by atoms with van der Waals surface area (Å²) in [7, 11) is 0. The second-order valence-corrected chi connectivity index (χ2v) is 20.9. The lowest BCUT2D eigenvalue weighted by Gasteiger charge is -2.39. The first kappa shape index (κ1) is 48.5. The maximum absolute atomic E-state index is 11.5. The van der Waals surface area contributed by atoms with Crippen LogP contribution in [0.15, 0.2) is 77.6 Å². The molecule has 5 aliphatic heterocycles. The van der Waals surface area contributed by atoms with Crippen molar-refractivity contribution in [2.24, 2.45) is 11.8 Å². The van der Waals surface area contributed by atoms with Crippen LogP contribution in [0.1, 0.15) is 138 Å². The lowest BCUT2D eigenvalue weighted by Crippen LogP contribution is -2.44. The van der Waals surface area contributed by atoms with E-state index in [1.165, 1.54) is 88.8 Å². The van der Waals surface area contributed by atoms with Gasteiger partial charge in [-0.1, -0.05) is 55.0 Å². The summed E-state index contributed by atoms with van der Waals surface area (Å²) in [5, 5.41) is 3.50. The van der Waals surface area contributed by atoms with Gasteiger partial charge in [0.05, 0.1) is 22.1 Å². The van der Waals surface area contributed by atoms with Gasteiger partial charge in [-0.15, -0.1) is 0 Å². The largest absolute Gasteiger partial charge is 0.369 e. The molecule has 3 aromatic carbocycles. The molecule has 4 unspecified atom stereocenters. The zero-order valence-electron chi connectivity index (χ0n) is 40.9. The van der Waals surface area contributed by atoms with Crippen LogP contribution in [0, 0.1) is 11.8 Å². The molecule has 4 saturated heterocycles. The van der Waals surface area contributed by atoms with Crippen LogP contribution < -0.4 is 16.7 Å². The van der Waals surface area contributed by atoms with Crippen LogP contribution in [0.4, 0.5) is 5.95 Å². The minimum absolute atomic E-state index is 0.0313. The number of nitrogen functional groups attached to an aromatic ring is 1. The van der Waals surface area contributed by atoms with Gasteiger partial charge < -0.3 is 25.5 Å². The van der Waals surface area contributed by atoms with Crippen molar-refractivity contribution in [1.82, 2.24) is 39.1 Å². The first-order valence-corrected chi connectivity index (χ1v) is 24.5. The average Bonchev–Trinajstić information content (AvgIpc) is 4.01. The quantitative estimate of drug-likeness (QED) is 0.165. The molecule has 0 aliphatic carbocycles. The molecule has 4 N–H and O–H groups in total. The van der Waals surface area contributed by atoms with E-state index in [4.69, 9.17) is 5.73 Å². The van der Waals surface area contributed by atoms with Gasteiger partial charge in [0.15, 0.2) is 0 Å². The number of nitrogens with one attached hydrogen (secondary N) is 2. The van der Waals surface area contributed by atoms with Crippen molar-refractivity contribution >= 4 is 28.0 Å². The number of aromatic nitrogens is 4. The fourth-order valence-electron chi connectivity index (χ4n) is 10.8. The minimum Gasteiger partial charge on any atom is -0.369 e. The Morgan fingerprint density at radius 2 is 1.27 bits per heavy atom. The topological polar surface area (TPSA) is 103 Å². The second kappa shape index (κ2) is 21.8. The van der Waals surface area contributed by atoms with E-state index >= 15 is 0 Å². The molecular formula is C53H83N9O. The number of hydrogen-bond donors (Lipinski definition) is 3. The number of aromatic amines is 1. The zero-order chi connectivity index (χ0) is 45.4. The van der Waals surface area contributed by atoms with E-state index < -0.39 is 0 Å². The summed E-state index contributed by atoms with van der Waals surface area (Å²) >= 11 is 0. The Balaban J connectivity index is 0.000000131. The van der Waals surface area contributed by atoms with Gasteiger partial charge >= 0.3 is 5.69 Å². The molecule has 0 spiro atoms. The Morgan fingerprint density at radius 1 is 0.667 bits per heavy atom. The van der Waals surface area contributed by atoms with Gasteiger partial charge in [0.1, 0.15) is 0 Å². The molecule has 0 saturated carbocycles. The normalized spacial score (nSPS) is 22.5. The fourth-order valence-corrected chi connectivity index (χ4v) is 10.8. The molecule has 2 aromatic heterocycles. The first-order valence-electron chi connectivity index (χ1n) is 24.5. The molecule has 0 radical (unpaired) electrons. The van der Waals surface area contributed by atoms with Crippen LogP contribution in [0.5, 0.6) is 0 Å². The van der Waals surface area contributed by atoms with Crippen LogP contribution in [0.25, 0.3) is 22.1 Å². The highest BCUT2D eigenvalue weighted by Gasteiger charge is 2.37. The number of imidazole rings is 2. The van der Waals surface area contributed by atoms with Gasteiger partial charge in [-0.05, 0) is 182 Å². The molecule has 5 aliphatic rings. The Kier molecular flexibility index (Phi) is 16.8. The van der Waals surface area contributed by atoms with E-state index in [-0.39, 0.29) is 11.7 Å². The molecule has 4 fully saturated rings. The van der Waals surface area contributed by atoms with Gasteiger partial charge in [0, 0.05) is 61.4 Å². The van der Waals surface area contributed by atoms with Crippen molar-refractivity contribution in [3.05, 3.63) is 94.4 Å². The number of hydrogen-bond acceptors (Lipinski definition) is 7. The van der Waals surface area contributed by atoms with Crippen molar-refractivity contribution in [2.45, 2.75) is 169 Å². The van der Waals surface area contributed by atoms with Crippen LogP contribution in [0.2, 0.25) is 0 Å². The van der Waals surface area contributed by atoms with Crippen molar-refractivity contribution in [1.29, 1.82) is 0 Å². The molecule has 10 heteroatoms. The standard InChI is InChI=1S/C13H19N.C10H13N3.C10H12N2O.C10H20N2.C10H19N/c1-13(2,3)14-9-8-11-6-4-5-7-12(11)10-14;1-7(2)13-9-6-4-3-5-8(9)12-10(13)11;1-7(2)12-9-6-4-3-5-8(9)11-10(12)13;1-8(2)12-4-3-9-5-11-6-10(9)7-12;1-8(2)11-9-4-3-5-10(11)7-6-9/h4-7H,8-10H2,1-3H3;3-7H,1-2H3,(H2,11,12);3-7H,1-2H3,(H,11,13);8-11H,3-7H2,1-2H3;8-10H,3-7H2,1-2H3. The number of rotatable bonds is 4. The van der Waals surface area contributed by atoms with Gasteiger partial charge in [-0.3, -0.25) is 14.4 Å². The van der Waals surface area contributed by atoms with E-state index in [2.05, 4.69) is 117 Å². The number of benzene rings is 3. The van der Waals surface area contributed by atoms with Crippen molar-refractivity contribution < 1.29 is 0 Å². The van der Waals surface area contributed by atoms with Gasteiger partial charge in [0.25, 0.3) is 0 Å². The number of nitrogens with zero attached hydrogens (tertiary/aromatic N) is 6. The summed E-state index contributed by atoms with van der Waals surface area (Å²) in [6.45, 7) is 31.9. The minimum atomic E-state index is -0.0313. The molecule has 4 atom stereocenters. The average molecular weight is 862 g/mol. The number of anilines is 1. The summed E-state index contributed by atoms with van der Waals surface area (Å²) in [5.41, 5.74) is 13.1. The summed E-state index contributed by atoms with van der Waals surface area (Å²) in [5.74, 6) is 2.53. The molecular weight excluding hydrogens is 779 g/mol. The van der Waals surface area contributed by atoms with Crippen molar-refractivity contribution in [2.75, 3.05) is 38.5 Å². The van der Waals surface area contributed by atoms with Gasteiger partial charge in [-0.25, -0.2) is 9.78 Å². The fraction of sp³-hybridized carbons (Fsp3) is 0.623. The van der Waals surface area contributed by atoms with E-state index in [0.717, 1.165) is 64.6 Å². The van der Waals surface area contributed by atoms with Crippen molar-refractivity contribution in [3.63, 3.8) is 0 Å². The van der Waals surface area contributed by atoms with Gasteiger partial charge in [-0.2, -0.15) is 0 Å². The summed E-state index contributed by atoms with van der Waals surface area (Å²) in [6.07, 6.45) is 9.98. The maximum Gasteiger partial charge on any atom is 0.326 e. The third-order valence-electron chi connectivity index (χ3n) is 14.2. The summed E-state index contributed by atoms with van der Waals surface area (Å²) in [4.78, 5) is 26.5.